The molecule has 1 N–H and O–H groups in total. The zero-order valence-electron chi connectivity index (χ0n) is 79.8. The molecule has 2 atom stereocenters. The van der Waals surface area contributed by atoms with Gasteiger partial charge in [0.1, 0.15) is 0 Å². The number of hydrogen-bond acceptors (Lipinski definition) is 2. The molecule has 0 saturated heterocycles. The van der Waals surface area contributed by atoms with E-state index in [-0.39, 0.29) is 27.1 Å². The highest BCUT2D eigenvalue weighted by Crippen LogP contribution is 2.69. The molecule has 8 bridgehead atoms. The Morgan fingerprint density at radius 3 is 1.01 bits per heavy atom. The fourth-order valence-corrected chi connectivity index (χ4v) is 30.6. The third-order valence-electron chi connectivity index (χ3n) is 35.6. The van der Waals surface area contributed by atoms with Gasteiger partial charge in [0.05, 0.1) is 16.5 Å². The minimum atomic E-state index is -0.464. The van der Waals surface area contributed by atoms with Crippen molar-refractivity contribution >= 4 is 44.4 Å². The standard InChI is InChI=1S/C66H59N.C37H37N.C29H23Br/c1-63(2,3)46-26-29-53-50-15-7-11-19-58(50)66(60(53)35-46)59-20-12-8-16-51(59)54-30-27-48(37-61(54)66)67(47-28-31-57-55(36-47)52-17-6-10-18-56(52)64(57,4)5)62-21-13-9-14-49(62)44-22-24-45(25-23-44)65-38-41-32-42(39-65)34-43(33-41)40-65;1-36(2)33-9-5-3-8-31(33)32-20-29(15-16-34(32)36)38-35-10-6-4-7-30(35)27-11-13-28(14-12-27)37-21-24-17-25(22-37)19-26(18-24)23-37;1-28(2,3)18-12-14-22-20-8-4-6-10-24(20)29(26(22)16-18)25-11-7-5-9-21(25)23-15-13-19(30)17-27(23)29/h6-31,35-37,41-43H,32-34,38-40H2,1-5H3;3-16,20,24-26,38H,17-19,21-23H2,1-2H3;4-17H,1-3H3. The lowest BCUT2D eigenvalue weighted by Gasteiger charge is -2.57. The van der Waals surface area contributed by atoms with Gasteiger partial charge in [-0.15, -0.1) is 0 Å². The number of benzene rings is 16. The number of nitrogens with zero attached hydrogens (tertiary/aromatic N) is 1. The maximum atomic E-state index is 3.78. The van der Waals surface area contributed by atoms with Gasteiger partial charge in [0.25, 0.3) is 0 Å². The quantitative estimate of drug-likeness (QED) is 0.155. The van der Waals surface area contributed by atoms with E-state index in [2.05, 4.69) is 447 Å². The summed E-state index contributed by atoms with van der Waals surface area (Å²) in [4.78, 5) is 2.58. The molecule has 0 aromatic heterocycles. The van der Waals surface area contributed by atoms with Crippen LogP contribution in [0.5, 0.6) is 0 Å². The van der Waals surface area contributed by atoms with Crippen LogP contribution in [0.4, 0.5) is 28.4 Å². The van der Waals surface area contributed by atoms with Crippen molar-refractivity contribution in [2.24, 2.45) is 35.5 Å². The van der Waals surface area contributed by atoms with E-state index in [1.807, 2.05) is 0 Å². The molecule has 135 heavy (non-hydrogen) atoms. The van der Waals surface area contributed by atoms with Crippen LogP contribution in [0.2, 0.25) is 0 Å². The molecule has 8 saturated carbocycles. The highest BCUT2D eigenvalue weighted by molar-refractivity contribution is 9.10. The highest BCUT2D eigenvalue weighted by Gasteiger charge is 2.57. The van der Waals surface area contributed by atoms with Gasteiger partial charge in [0.15, 0.2) is 0 Å². The van der Waals surface area contributed by atoms with E-state index >= 15 is 0 Å². The summed E-state index contributed by atoms with van der Waals surface area (Å²) < 4.78 is 1.13. The topological polar surface area (TPSA) is 15.3 Å². The molecule has 0 amide bonds. The van der Waals surface area contributed by atoms with Crippen LogP contribution >= 0.6 is 15.9 Å². The second-order valence-electron chi connectivity index (χ2n) is 46.0. The first-order valence-corrected chi connectivity index (χ1v) is 51.3. The molecular formula is C132H119BrN2. The van der Waals surface area contributed by atoms with E-state index in [1.165, 1.54) is 267 Å². The lowest BCUT2D eigenvalue weighted by molar-refractivity contribution is -0.00530. The van der Waals surface area contributed by atoms with Crippen molar-refractivity contribution in [3.8, 4) is 89.0 Å². The molecule has 8 fully saturated rings. The fraction of sp³-hybridized carbons (Fsp3) is 0.273. The minimum absolute atomic E-state index is 0.00248. The van der Waals surface area contributed by atoms with Gasteiger partial charge in [-0.05, 0) is 362 Å². The van der Waals surface area contributed by atoms with Crippen molar-refractivity contribution in [1.82, 2.24) is 0 Å². The molecule has 2 spiro atoms. The molecule has 14 aliphatic carbocycles. The van der Waals surface area contributed by atoms with Crippen LogP contribution in [-0.2, 0) is 43.3 Å². The molecule has 2 unspecified atom stereocenters. The molecule has 0 heterocycles. The molecule has 30 rings (SSSR count). The summed E-state index contributed by atoms with van der Waals surface area (Å²) in [5.74, 6) is 5.73. The monoisotopic (exact) mass is 1810 g/mol. The Morgan fingerprint density at radius 1 is 0.259 bits per heavy atom. The molecule has 0 aliphatic heterocycles. The second kappa shape index (κ2) is 30.3. The van der Waals surface area contributed by atoms with Crippen molar-refractivity contribution in [2.75, 3.05) is 10.2 Å². The predicted molar refractivity (Wildman–Crippen MR) is 567 cm³/mol. The third kappa shape index (κ3) is 12.6. The molecule has 3 heteroatoms. The first-order chi connectivity index (χ1) is 65.4. The fourth-order valence-electron chi connectivity index (χ4n) is 30.2. The Bertz CT molecular complexity index is 7480. The van der Waals surface area contributed by atoms with E-state index in [4.69, 9.17) is 0 Å². The van der Waals surface area contributed by atoms with Gasteiger partial charge < -0.3 is 10.2 Å². The summed E-state index contributed by atoms with van der Waals surface area (Å²) in [5.41, 5.74) is 50.0. The van der Waals surface area contributed by atoms with Crippen molar-refractivity contribution in [3.63, 3.8) is 0 Å². The Labute approximate surface area is 808 Å². The SMILES string of the molecule is CC(C)(C)c1ccc2c(c1)C1(c3ccccc3-c3ccc(Br)cc31)c1ccccc1-2.CC(C)(C)c1ccc2c(c1)C1(c3ccccc3-c3ccc(N(c4ccc5c(c4)-c4ccccc4C5(C)C)c4ccccc4-c4ccc(C56CC7CC(CC(C7)C5)C6)cc4)cc31)c1ccccc1-2.CC1(C)c2ccccc2-c2cc(Nc3ccccc3-c3ccc(C45CC6CC(CC(C6)C4)C5)cc3)ccc21. The number of anilines is 5. The lowest BCUT2D eigenvalue weighted by atomic mass is 9.48. The molecule has 16 aromatic rings. The number of nitrogens with one attached hydrogen (secondary N) is 1. The maximum Gasteiger partial charge on any atom is 0.0726 e. The van der Waals surface area contributed by atoms with E-state index in [9.17, 15) is 0 Å². The zero-order valence-corrected chi connectivity index (χ0v) is 81.3. The molecule has 14 aliphatic rings. The van der Waals surface area contributed by atoms with Gasteiger partial charge in [-0.2, -0.15) is 0 Å². The normalized spacial score (nSPS) is 23.7. The lowest BCUT2D eigenvalue weighted by Crippen LogP contribution is -2.48. The summed E-state index contributed by atoms with van der Waals surface area (Å²) in [6.45, 7) is 23.4. The largest absolute Gasteiger partial charge is 0.355 e. The van der Waals surface area contributed by atoms with Crippen molar-refractivity contribution in [2.45, 2.75) is 190 Å². The maximum absolute atomic E-state index is 3.78. The number of hydrogen-bond donors (Lipinski definition) is 1. The van der Waals surface area contributed by atoms with Crippen LogP contribution < -0.4 is 10.2 Å². The smallest absolute Gasteiger partial charge is 0.0726 e. The van der Waals surface area contributed by atoms with Crippen LogP contribution in [0.15, 0.2) is 356 Å². The first kappa shape index (κ1) is 83.2. The Kier molecular flexibility index (Phi) is 18.7. The van der Waals surface area contributed by atoms with E-state index < -0.39 is 5.41 Å². The van der Waals surface area contributed by atoms with E-state index in [0.29, 0.717) is 10.8 Å². The summed E-state index contributed by atoms with van der Waals surface area (Å²) in [6, 6.07) is 135. The minimum Gasteiger partial charge on any atom is -0.355 e. The predicted octanol–water partition coefficient (Wildman–Crippen LogP) is 35.2. The number of para-hydroxylation sites is 2. The summed E-state index contributed by atoms with van der Waals surface area (Å²) in [5, 5.41) is 3.78. The van der Waals surface area contributed by atoms with Gasteiger partial charge in [-0.3, -0.25) is 0 Å². The number of rotatable bonds is 9. The molecular weight excluding hydrogens is 1690 g/mol. The average molecular weight is 1810 g/mol. The van der Waals surface area contributed by atoms with Crippen LogP contribution in [0.1, 0.15) is 235 Å². The van der Waals surface area contributed by atoms with Gasteiger partial charge >= 0.3 is 0 Å². The van der Waals surface area contributed by atoms with Gasteiger partial charge in [-0.1, -0.05) is 376 Å². The van der Waals surface area contributed by atoms with Crippen LogP contribution in [-0.4, -0.2) is 0 Å². The summed E-state index contributed by atoms with van der Waals surface area (Å²) in [6.07, 6.45) is 17.4. The summed E-state index contributed by atoms with van der Waals surface area (Å²) in [7, 11) is 0. The van der Waals surface area contributed by atoms with Crippen molar-refractivity contribution in [3.05, 3.63) is 445 Å². The second-order valence-corrected chi connectivity index (χ2v) is 46.9. The van der Waals surface area contributed by atoms with Gasteiger partial charge in [0.2, 0.25) is 0 Å². The van der Waals surface area contributed by atoms with Crippen molar-refractivity contribution in [1.29, 1.82) is 0 Å². The van der Waals surface area contributed by atoms with Gasteiger partial charge in [0, 0.05) is 49.2 Å². The Hall–Kier alpha value is -12.4. The Morgan fingerprint density at radius 2 is 0.570 bits per heavy atom. The van der Waals surface area contributed by atoms with E-state index in [0.717, 1.165) is 45.7 Å². The number of halogens is 1. The molecule has 664 valence electrons. The molecule has 2 nitrogen and oxygen atoms in total. The van der Waals surface area contributed by atoms with Crippen molar-refractivity contribution < 1.29 is 0 Å². The van der Waals surface area contributed by atoms with Crippen LogP contribution in [0.3, 0.4) is 0 Å². The summed E-state index contributed by atoms with van der Waals surface area (Å²) >= 11 is 3.77. The van der Waals surface area contributed by atoms with Crippen LogP contribution in [0.25, 0.3) is 89.0 Å². The van der Waals surface area contributed by atoms with Crippen LogP contribution in [0, 0.1) is 35.5 Å². The number of fused-ring (bicyclic) bond motifs is 26. The van der Waals surface area contributed by atoms with E-state index in [1.54, 1.807) is 11.1 Å². The molecule has 16 aromatic carbocycles. The third-order valence-corrected chi connectivity index (χ3v) is 36.1. The zero-order chi connectivity index (χ0) is 91.2. The first-order valence-electron chi connectivity index (χ1n) is 50.5. The highest BCUT2D eigenvalue weighted by atomic mass is 79.9. The Balaban J connectivity index is 0.000000117. The molecule has 0 radical (unpaired) electrons. The average Bonchev–Trinajstić information content (AvgIpc) is 1.51. The van der Waals surface area contributed by atoms with Gasteiger partial charge in [-0.25, -0.2) is 0 Å².